The summed E-state index contributed by atoms with van der Waals surface area (Å²) in [4.78, 5) is 0. The van der Waals surface area contributed by atoms with Gasteiger partial charge in [-0.3, -0.25) is 0 Å². The molecule has 1 rings (SSSR count). The fraction of sp³-hybridized carbons (Fsp3) is 0.455. The minimum atomic E-state index is -0.255. The van der Waals surface area contributed by atoms with Crippen LogP contribution < -0.4 is 0 Å². The second-order valence-electron chi connectivity index (χ2n) is 3.32. The fourth-order valence-electron chi connectivity index (χ4n) is 1.49. The summed E-state index contributed by atoms with van der Waals surface area (Å²) in [5.74, 6) is -0.255. The lowest BCUT2D eigenvalue weighted by molar-refractivity contribution is 0.293. The Morgan fingerprint density at radius 1 is 1.07 bits per heavy atom. The van der Waals surface area contributed by atoms with Gasteiger partial charge in [0.2, 0.25) is 0 Å². The van der Waals surface area contributed by atoms with E-state index in [-0.39, 0.29) is 19.0 Å². The van der Waals surface area contributed by atoms with Crippen molar-refractivity contribution in [1.82, 2.24) is 0 Å². The van der Waals surface area contributed by atoms with Crippen LogP contribution in [0.1, 0.15) is 16.7 Å². The van der Waals surface area contributed by atoms with E-state index < -0.39 is 0 Å². The maximum Gasteiger partial charge on any atom is 0.126 e. The van der Waals surface area contributed by atoms with Gasteiger partial charge in [0.15, 0.2) is 0 Å². The van der Waals surface area contributed by atoms with E-state index in [4.69, 9.17) is 10.2 Å². The molecule has 0 bridgehead atoms. The molecule has 2 N–H and O–H groups in total. The molecule has 0 radical (unpaired) electrons. The quantitative estimate of drug-likeness (QED) is 0.763. The molecular weight excluding hydrogens is 183 g/mol. The zero-order valence-corrected chi connectivity index (χ0v) is 8.26. The molecule has 0 saturated heterocycles. The summed E-state index contributed by atoms with van der Waals surface area (Å²) in [7, 11) is 0. The highest BCUT2D eigenvalue weighted by Gasteiger charge is 2.06. The van der Waals surface area contributed by atoms with Gasteiger partial charge in [-0.05, 0) is 42.5 Å². The zero-order valence-electron chi connectivity index (χ0n) is 8.26. The van der Waals surface area contributed by atoms with Crippen molar-refractivity contribution >= 4 is 0 Å². The summed E-state index contributed by atoms with van der Waals surface area (Å²) in [5.41, 5.74) is 2.28. The number of rotatable bonds is 4. The Hall–Kier alpha value is -0.930. The normalized spacial score (nSPS) is 10.6. The van der Waals surface area contributed by atoms with E-state index in [9.17, 15) is 4.39 Å². The van der Waals surface area contributed by atoms with Gasteiger partial charge in [-0.15, -0.1) is 0 Å². The fourth-order valence-corrected chi connectivity index (χ4v) is 1.49. The highest BCUT2D eigenvalue weighted by molar-refractivity contribution is 5.33. The van der Waals surface area contributed by atoms with Crippen LogP contribution in [0.2, 0.25) is 0 Å². The monoisotopic (exact) mass is 198 g/mol. The summed E-state index contributed by atoms with van der Waals surface area (Å²) in [6, 6.07) is 3.17. The molecule has 3 heteroatoms. The van der Waals surface area contributed by atoms with Crippen LogP contribution in [0.3, 0.4) is 0 Å². The first-order chi connectivity index (χ1) is 6.69. The smallest absolute Gasteiger partial charge is 0.126 e. The predicted octanol–water partition coefficient (Wildman–Crippen LogP) is 1.20. The molecule has 0 aliphatic rings. The largest absolute Gasteiger partial charge is 0.396 e. The molecule has 0 unspecified atom stereocenters. The first-order valence-corrected chi connectivity index (χ1v) is 4.68. The molecule has 1 aromatic carbocycles. The Morgan fingerprint density at radius 2 is 1.57 bits per heavy atom. The standard InChI is InChI=1S/C11H15FO2/c1-8-6-9(2-4-13)10(3-5-14)7-11(8)12/h6-7,13-14H,2-5H2,1H3. The molecule has 0 saturated carbocycles. The molecule has 0 aromatic heterocycles. The van der Waals surface area contributed by atoms with Gasteiger partial charge < -0.3 is 10.2 Å². The summed E-state index contributed by atoms with van der Waals surface area (Å²) in [6.07, 6.45) is 0.947. The number of halogens is 1. The lowest BCUT2D eigenvalue weighted by Crippen LogP contribution is -2.02. The van der Waals surface area contributed by atoms with Gasteiger partial charge in [0.1, 0.15) is 5.82 Å². The number of hydrogen-bond donors (Lipinski definition) is 2. The van der Waals surface area contributed by atoms with Crippen LogP contribution in [0.15, 0.2) is 12.1 Å². The summed E-state index contributed by atoms with van der Waals surface area (Å²) in [5, 5.41) is 17.6. The van der Waals surface area contributed by atoms with E-state index >= 15 is 0 Å². The molecule has 2 nitrogen and oxygen atoms in total. The van der Waals surface area contributed by atoms with Crippen LogP contribution in [0, 0.1) is 12.7 Å². The van der Waals surface area contributed by atoms with Gasteiger partial charge in [0.05, 0.1) is 0 Å². The van der Waals surface area contributed by atoms with Gasteiger partial charge in [-0.2, -0.15) is 0 Å². The first-order valence-electron chi connectivity index (χ1n) is 4.68. The Bertz CT molecular complexity index is 279. The Kier molecular flexibility index (Phi) is 4.04. The average molecular weight is 198 g/mol. The molecule has 0 aliphatic carbocycles. The van der Waals surface area contributed by atoms with E-state index in [1.165, 1.54) is 6.07 Å². The molecule has 0 spiro atoms. The van der Waals surface area contributed by atoms with Crippen LogP contribution in [-0.2, 0) is 12.8 Å². The van der Waals surface area contributed by atoms with Crippen molar-refractivity contribution in [2.24, 2.45) is 0 Å². The highest BCUT2D eigenvalue weighted by Crippen LogP contribution is 2.16. The minimum absolute atomic E-state index is 0.000922. The number of benzene rings is 1. The van der Waals surface area contributed by atoms with Crippen molar-refractivity contribution in [2.45, 2.75) is 19.8 Å². The van der Waals surface area contributed by atoms with Crippen molar-refractivity contribution in [3.63, 3.8) is 0 Å². The van der Waals surface area contributed by atoms with E-state index in [1.54, 1.807) is 13.0 Å². The summed E-state index contributed by atoms with van der Waals surface area (Å²) < 4.78 is 13.2. The lowest BCUT2D eigenvalue weighted by Gasteiger charge is -2.09. The van der Waals surface area contributed by atoms with Crippen LogP contribution in [-0.4, -0.2) is 23.4 Å². The van der Waals surface area contributed by atoms with Crippen molar-refractivity contribution in [1.29, 1.82) is 0 Å². The van der Waals surface area contributed by atoms with E-state index in [2.05, 4.69) is 0 Å². The number of aryl methyl sites for hydroxylation is 1. The van der Waals surface area contributed by atoms with Crippen molar-refractivity contribution < 1.29 is 14.6 Å². The molecule has 0 atom stereocenters. The zero-order chi connectivity index (χ0) is 10.6. The van der Waals surface area contributed by atoms with Gasteiger partial charge >= 0.3 is 0 Å². The Balaban J connectivity index is 3.03. The summed E-state index contributed by atoms with van der Waals surface area (Å²) in [6.45, 7) is 1.74. The van der Waals surface area contributed by atoms with Crippen LogP contribution >= 0.6 is 0 Å². The molecule has 78 valence electrons. The van der Waals surface area contributed by atoms with Crippen LogP contribution in [0.25, 0.3) is 0 Å². The Labute approximate surface area is 83.0 Å². The Morgan fingerprint density at radius 3 is 2.07 bits per heavy atom. The molecule has 0 heterocycles. The maximum absolute atomic E-state index is 13.2. The number of hydrogen-bond acceptors (Lipinski definition) is 2. The second kappa shape index (κ2) is 5.08. The molecule has 14 heavy (non-hydrogen) atoms. The lowest BCUT2D eigenvalue weighted by atomic mass is 9.99. The second-order valence-corrected chi connectivity index (χ2v) is 3.32. The number of aliphatic hydroxyl groups excluding tert-OH is 2. The third kappa shape index (κ3) is 2.53. The van der Waals surface area contributed by atoms with Crippen LogP contribution in [0.5, 0.6) is 0 Å². The number of aliphatic hydroxyl groups is 2. The average Bonchev–Trinajstić information content (AvgIpc) is 2.14. The van der Waals surface area contributed by atoms with Gasteiger partial charge in [-0.1, -0.05) is 6.07 Å². The highest BCUT2D eigenvalue weighted by atomic mass is 19.1. The van der Waals surface area contributed by atoms with Gasteiger partial charge in [-0.25, -0.2) is 4.39 Å². The van der Waals surface area contributed by atoms with E-state index in [0.717, 1.165) is 11.1 Å². The third-order valence-corrected chi connectivity index (χ3v) is 2.24. The molecule has 0 aliphatic heterocycles. The topological polar surface area (TPSA) is 40.5 Å². The molecule has 0 fully saturated rings. The molecular formula is C11H15FO2. The molecule has 1 aromatic rings. The van der Waals surface area contributed by atoms with E-state index in [0.29, 0.717) is 18.4 Å². The molecule has 0 amide bonds. The van der Waals surface area contributed by atoms with Crippen molar-refractivity contribution in [2.75, 3.05) is 13.2 Å². The van der Waals surface area contributed by atoms with Crippen molar-refractivity contribution in [3.05, 3.63) is 34.6 Å². The predicted molar refractivity (Wildman–Crippen MR) is 52.7 cm³/mol. The third-order valence-electron chi connectivity index (χ3n) is 2.24. The first kappa shape index (κ1) is 11.1. The minimum Gasteiger partial charge on any atom is -0.396 e. The SMILES string of the molecule is Cc1cc(CCO)c(CCO)cc1F. The summed E-state index contributed by atoms with van der Waals surface area (Å²) >= 11 is 0. The van der Waals surface area contributed by atoms with E-state index in [1.807, 2.05) is 0 Å². The maximum atomic E-state index is 13.2. The van der Waals surface area contributed by atoms with Crippen LogP contribution in [0.4, 0.5) is 4.39 Å². The van der Waals surface area contributed by atoms with Gasteiger partial charge in [0.25, 0.3) is 0 Å². The van der Waals surface area contributed by atoms with Gasteiger partial charge in [0, 0.05) is 13.2 Å². The van der Waals surface area contributed by atoms with Crippen molar-refractivity contribution in [3.8, 4) is 0 Å².